The molecule has 3 heteroatoms. The number of rotatable bonds is 4. The second-order valence-corrected chi connectivity index (χ2v) is 6.05. The van der Waals surface area contributed by atoms with Gasteiger partial charge < -0.3 is 9.88 Å². The van der Waals surface area contributed by atoms with Crippen molar-refractivity contribution in [2.24, 2.45) is 0 Å². The van der Waals surface area contributed by atoms with Crippen molar-refractivity contribution in [3.8, 4) is 5.69 Å². The van der Waals surface area contributed by atoms with Gasteiger partial charge in [0.2, 0.25) is 0 Å². The Morgan fingerprint density at radius 3 is 2.75 bits per heavy atom. The first-order chi connectivity index (χ1) is 9.73. The molecule has 106 valence electrons. The highest BCUT2D eigenvalue weighted by molar-refractivity contribution is 5.38. The molecule has 1 aromatic carbocycles. The normalized spacial score (nSPS) is 22.3. The summed E-state index contributed by atoms with van der Waals surface area (Å²) in [6.45, 7) is 6.67. The van der Waals surface area contributed by atoms with Crippen LogP contribution in [0.5, 0.6) is 0 Å². The van der Waals surface area contributed by atoms with Crippen molar-refractivity contribution in [3.63, 3.8) is 0 Å². The lowest BCUT2D eigenvalue weighted by Gasteiger charge is -2.24. The summed E-state index contributed by atoms with van der Waals surface area (Å²) in [5, 5.41) is 3.46. The van der Waals surface area contributed by atoms with Crippen LogP contribution in [-0.4, -0.2) is 22.6 Å². The number of imidazole rings is 1. The number of hydrogen-bond acceptors (Lipinski definition) is 2. The van der Waals surface area contributed by atoms with Crippen molar-refractivity contribution in [2.75, 3.05) is 13.1 Å². The summed E-state index contributed by atoms with van der Waals surface area (Å²) in [6.07, 6.45) is 7.48. The maximum atomic E-state index is 4.38. The molecule has 1 N–H and O–H groups in total. The average Bonchev–Trinajstić information content (AvgIpc) is 3.09. The Morgan fingerprint density at radius 1 is 1.30 bits per heavy atom. The predicted molar refractivity (Wildman–Crippen MR) is 82.4 cm³/mol. The van der Waals surface area contributed by atoms with Crippen molar-refractivity contribution in [1.82, 2.24) is 14.9 Å². The van der Waals surface area contributed by atoms with E-state index in [0.29, 0.717) is 0 Å². The molecule has 1 aliphatic heterocycles. The lowest BCUT2D eigenvalue weighted by atomic mass is 9.86. The summed E-state index contributed by atoms with van der Waals surface area (Å²) in [6, 6.07) is 8.89. The van der Waals surface area contributed by atoms with Crippen LogP contribution in [0.4, 0.5) is 0 Å². The number of nitrogens with zero attached hydrogens (tertiary/aromatic N) is 2. The van der Waals surface area contributed by atoms with Gasteiger partial charge in [0.25, 0.3) is 0 Å². The largest absolute Gasteiger partial charge is 0.316 e. The van der Waals surface area contributed by atoms with Crippen LogP contribution >= 0.6 is 0 Å². The fourth-order valence-corrected chi connectivity index (χ4v) is 3.09. The van der Waals surface area contributed by atoms with Gasteiger partial charge in [0.1, 0.15) is 0 Å². The summed E-state index contributed by atoms with van der Waals surface area (Å²) in [7, 11) is 0. The van der Waals surface area contributed by atoms with Gasteiger partial charge in [-0.25, -0.2) is 4.98 Å². The third-order valence-electron chi connectivity index (χ3n) is 4.38. The van der Waals surface area contributed by atoms with Gasteiger partial charge in [0.05, 0.1) is 6.33 Å². The molecule has 0 bridgehead atoms. The number of benzene rings is 1. The van der Waals surface area contributed by atoms with E-state index in [-0.39, 0.29) is 5.41 Å². The van der Waals surface area contributed by atoms with Gasteiger partial charge in [0.15, 0.2) is 0 Å². The Balaban J connectivity index is 1.93. The molecular weight excluding hydrogens is 246 g/mol. The molecule has 1 aliphatic rings. The van der Waals surface area contributed by atoms with Crippen LogP contribution in [0.2, 0.25) is 0 Å². The quantitative estimate of drug-likeness (QED) is 0.924. The summed E-state index contributed by atoms with van der Waals surface area (Å²) >= 11 is 0. The molecule has 1 atom stereocenters. The van der Waals surface area contributed by atoms with E-state index in [4.69, 9.17) is 0 Å². The van der Waals surface area contributed by atoms with Crippen molar-refractivity contribution in [2.45, 2.75) is 38.5 Å². The Labute approximate surface area is 121 Å². The third kappa shape index (κ3) is 2.38. The summed E-state index contributed by atoms with van der Waals surface area (Å²) in [5.74, 6) is 0. The number of nitrogens with one attached hydrogen (secondary N) is 1. The van der Waals surface area contributed by atoms with Crippen molar-refractivity contribution in [1.29, 1.82) is 0 Å². The molecule has 1 unspecified atom stereocenters. The van der Waals surface area contributed by atoms with E-state index in [2.05, 4.69) is 53.0 Å². The minimum Gasteiger partial charge on any atom is -0.316 e. The molecule has 2 aromatic rings. The Hall–Kier alpha value is -1.61. The first-order valence-corrected chi connectivity index (χ1v) is 7.56. The van der Waals surface area contributed by atoms with Crippen molar-refractivity contribution >= 4 is 0 Å². The molecular formula is C17H23N3. The molecule has 0 aliphatic carbocycles. The van der Waals surface area contributed by atoms with E-state index in [9.17, 15) is 0 Å². The fraction of sp³-hybridized carbons (Fsp3) is 0.471. The monoisotopic (exact) mass is 269 g/mol. The smallest absolute Gasteiger partial charge is 0.0994 e. The van der Waals surface area contributed by atoms with E-state index < -0.39 is 0 Å². The van der Waals surface area contributed by atoms with E-state index in [1.807, 2.05) is 12.5 Å². The highest BCUT2D eigenvalue weighted by atomic mass is 15.1. The van der Waals surface area contributed by atoms with Gasteiger partial charge in [0, 0.05) is 29.5 Å². The van der Waals surface area contributed by atoms with Gasteiger partial charge in [-0.2, -0.15) is 0 Å². The van der Waals surface area contributed by atoms with E-state index >= 15 is 0 Å². The zero-order valence-corrected chi connectivity index (χ0v) is 12.4. The predicted octanol–water partition coefficient (Wildman–Crippen LogP) is 3.08. The molecule has 1 fully saturated rings. The van der Waals surface area contributed by atoms with Crippen LogP contribution in [-0.2, 0) is 11.8 Å². The molecule has 0 saturated carbocycles. The topological polar surface area (TPSA) is 29.9 Å². The molecule has 0 radical (unpaired) electrons. The maximum absolute atomic E-state index is 4.38. The van der Waals surface area contributed by atoms with Gasteiger partial charge in [-0.05, 0) is 37.1 Å². The maximum Gasteiger partial charge on any atom is 0.0994 e. The molecule has 1 aromatic heterocycles. The summed E-state index contributed by atoms with van der Waals surface area (Å²) < 4.78 is 2.24. The second kappa shape index (κ2) is 5.41. The second-order valence-electron chi connectivity index (χ2n) is 6.05. The summed E-state index contributed by atoms with van der Waals surface area (Å²) in [4.78, 5) is 4.38. The zero-order chi connectivity index (χ0) is 14.0. The van der Waals surface area contributed by atoms with Crippen molar-refractivity contribution in [3.05, 3.63) is 48.0 Å². The molecule has 3 nitrogen and oxygen atoms in total. The molecule has 0 spiro atoms. The average molecular weight is 269 g/mol. The number of hydrogen-bond donors (Lipinski definition) is 1. The SMILES string of the molecule is CCCc1ccc(-n2cncc2C2(C)CCNC2)cc1. The van der Waals surface area contributed by atoms with E-state index in [0.717, 1.165) is 19.5 Å². The van der Waals surface area contributed by atoms with E-state index in [1.54, 1.807) is 0 Å². The van der Waals surface area contributed by atoms with E-state index in [1.165, 1.54) is 29.8 Å². The van der Waals surface area contributed by atoms with Gasteiger partial charge in [-0.15, -0.1) is 0 Å². The molecule has 3 rings (SSSR count). The van der Waals surface area contributed by atoms with Crippen LogP contribution in [0.25, 0.3) is 5.69 Å². The standard InChI is InChI=1S/C17H23N3/c1-3-4-14-5-7-15(8-6-14)20-13-19-11-16(20)17(2)9-10-18-12-17/h5-8,11,13,18H,3-4,9-10,12H2,1-2H3. The minimum absolute atomic E-state index is 0.193. The van der Waals surface area contributed by atoms with Crippen LogP contribution < -0.4 is 5.32 Å². The number of aryl methyl sites for hydroxylation is 1. The Bertz CT molecular complexity index is 562. The summed E-state index contributed by atoms with van der Waals surface area (Å²) in [5.41, 5.74) is 4.13. The minimum atomic E-state index is 0.193. The van der Waals surface area contributed by atoms with Crippen molar-refractivity contribution < 1.29 is 0 Å². The van der Waals surface area contributed by atoms with Crippen LogP contribution in [0, 0.1) is 0 Å². The highest BCUT2D eigenvalue weighted by Gasteiger charge is 2.33. The van der Waals surface area contributed by atoms with Crippen LogP contribution in [0.15, 0.2) is 36.8 Å². The third-order valence-corrected chi connectivity index (χ3v) is 4.38. The van der Waals surface area contributed by atoms with Gasteiger partial charge >= 0.3 is 0 Å². The highest BCUT2D eigenvalue weighted by Crippen LogP contribution is 2.31. The fourth-order valence-electron chi connectivity index (χ4n) is 3.09. The first-order valence-electron chi connectivity index (χ1n) is 7.56. The van der Waals surface area contributed by atoms with Crippen LogP contribution in [0.3, 0.4) is 0 Å². The lowest BCUT2D eigenvalue weighted by molar-refractivity contribution is 0.499. The van der Waals surface area contributed by atoms with Gasteiger partial charge in [-0.1, -0.05) is 32.4 Å². The molecule has 0 amide bonds. The first kappa shape index (κ1) is 13.4. The zero-order valence-electron chi connectivity index (χ0n) is 12.4. The van der Waals surface area contributed by atoms with Gasteiger partial charge in [-0.3, -0.25) is 0 Å². The molecule has 20 heavy (non-hydrogen) atoms. The number of aromatic nitrogens is 2. The Morgan fingerprint density at radius 2 is 2.10 bits per heavy atom. The Kier molecular flexibility index (Phi) is 3.62. The lowest BCUT2D eigenvalue weighted by Crippen LogP contribution is -2.27. The molecule has 2 heterocycles. The van der Waals surface area contributed by atoms with Crippen LogP contribution in [0.1, 0.15) is 37.9 Å². The molecule has 1 saturated heterocycles.